The molecule has 1 atom stereocenters. The van der Waals surface area contributed by atoms with E-state index in [1.54, 1.807) is 0 Å². The van der Waals surface area contributed by atoms with Crippen LogP contribution >= 0.6 is 7.92 Å². The summed E-state index contributed by atoms with van der Waals surface area (Å²) in [5.74, 6) is 3.01. The Labute approximate surface area is 230 Å². The molecule has 0 radical (unpaired) electrons. The smallest absolute Gasteiger partial charge is 0.101 e. The van der Waals surface area contributed by atoms with Crippen molar-refractivity contribution in [1.82, 2.24) is 4.90 Å². The molecular formula is C31H32N2OPPd-. The zero-order valence-corrected chi connectivity index (χ0v) is 23.2. The summed E-state index contributed by atoms with van der Waals surface area (Å²) in [7, 11) is 3.04. The van der Waals surface area contributed by atoms with Crippen molar-refractivity contribution in [1.29, 1.82) is 0 Å². The van der Waals surface area contributed by atoms with Crippen molar-refractivity contribution in [3.05, 3.63) is 149 Å². The topological polar surface area (TPSA) is 26.6 Å². The first-order chi connectivity index (χ1) is 17.2. The summed E-state index contributed by atoms with van der Waals surface area (Å²) in [5, 5.41) is 7.50. The van der Waals surface area contributed by atoms with Gasteiger partial charge in [0.1, 0.15) is 10.6 Å². The largest absolute Gasteiger partial charge is 0.642 e. The van der Waals surface area contributed by atoms with E-state index in [0.717, 1.165) is 12.4 Å². The molecule has 0 saturated carbocycles. The Morgan fingerprint density at radius 3 is 1.92 bits per heavy atom. The minimum Gasteiger partial charge on any atom is -0.642 e. The monoisotopic (exact) mass is 585 g/mol. The van der Waals surface area contributed by atoms with Crippen LogP contribution in [0.25, 0.3) is 5.32 Å². The van der Waals surface area contributed by atoms with Gasteiger partial charge >= 0.3 is 0 Å². The first-order valence-corrected chi connectivity index (χ1v) is 13.4. The maximum Gasteiger partial charge on any atom is 0.101 e. The zero-order valence-electron chi connectivity index (χ0n) is 20.7. The summed E-state index contributed by atoms with van der Waals surface area (Å²) in [6, 6.07) is 43.0. The molecule has 0 bridgehead atoms. The maximum atomic E-state index is 5.91. The third kappa shape index (κ3) is 8.44. The van der Waals surface area contributed by atoms with Gasteiger partial charge in [0, 0.05) is 27.0 Å². The Kier molecular flexibility index (Phi) is 11.4. The predicted molar refractivity (Wildman–Crippen MR) is 150 cm³/mol. The molecular weight excluding hydrogens is 554 g/mol. The molecule has 4 aromatic rings. The molecule has 1 fully saturated rings. The molecule has 1 heterocycles. The fourth-order valence-corrected chi connectivity index (χ4v) is 6.05. The van der Waals surface area contributed by atoms with Crippen LogP contribution in [0.1, 0.15) is 17.2 Å². The first kappa shape index (κ1) is 27.9. The van der Waals surface area contributed by atoms with Gasteiger partial charge < -0.3 is 15.0 Å². The van der Waals surface area contributed by atoms with Gasteiger partial charge in [-0.25, -0.2) is 0 Å². The van der Waals surface area contributed by atoms with Crippen LogP contribution in [0.5, 0.6) is 0 Å². The van der Waals surface area contributed by atoms with Crippen LogP contribution in [0.3, 0.4) is 0 Å². The molecule has 0 amide bonds. The molecule has 0 N–H and O–H groups in total. The van der Waals surface area contributed by atoms with Crippen molar-refractivity contribution in [2.24, 2.45) is 0 Å². The molecule has 5 heteroatoms. The van der Waals surface area contributed by atoms with Gasteiger partial charge in [0.05, 0.1) is 26.2 Å². The van der Waals surface area contributed by atoms with Gasteiger partial charge in [-0.15, -0.1) is 5.56 Å². The van der Waals surface area contributed by atoms with Crippen molar-refractivity contribution in [3.8, 4) is 0 Å². The second-order valence-corrected chi connectivity index (χ2v) is 10.9. The number of ether oxygens (including phenoxy) is 1. The van der Waals surface area contributed by atoms with E-state index >= 15 is 0 Å². The van der Waals surface area contributed by atoms with Crippen molar-refractivity contribution >= 4 is 18.5 Å². The van der Waals surface area contributed by atoms with Crippen LogP contribution in [-0.2, 0) is 31.7 Å². The molecule has 0 aliphatic carbocycles. The van der Waals surface area contributed by atoms with Crippen LogP contribution in [0, 0.1) is 6.07 Å². The van der Waals surface area contributed by atoms with Gasteiger partial charge in [-0.2, -0.15) is 30.3 Å². The molecule has 4 aromatic carbocycles. The van der Waals surface area contributed by atoms with E-state index in [-0.39, 0.29) is 26.5 Å². The second-order valence-electron chi connectivity index (χ2n) is 8.62. The fourth-order valence-electron chi connectivity index (χ4n) is 3.88. The molecule has 1 aliphatic heterocycles. The third-order valence-corrected chi connectivity index (χ3v) is 8.00. The van der Waals surface area contributed by atoms with E-state index in [2.05, 4.69) is 122 Å². The van der Waals surface area contributed by atoms with E-state index in [9.17, 15) is 0 Å². The number of hydrogen-bond acceptors (Lipinski definition) is 2. The van der Waals surface area contributed by atoms with E-state index < -0.39 is 7.92 Å². The Hall–Kier alpha value is -2.73. The number of rotatable bonds is 6. The van der Waals surface area contributed by atoms with Gasteiger partial charge in [0.25, 0.3) is 0 Å². The fraction of sp³-hybridized carbons (Fsp3) is 0.161. The number of hydrogen-bond donors (Lipinski definition) is 0. The first-order valence-electron chi connectivity index (χ1n) is 11.9. The molecule has 5 rings (SSSR count). The van der Waals surface area contributed by atoms with Gasteiger partial charge in [-0.3, -0.25) is 0 Å². The molecule has 36 heavy (non-hydrogen) atoms. The minimum atomic E-state index is -1.07. The van der Waals surface area contributed by atoms with Gasteiger partial charge in [0.2, 0.25) is 0 Å². The number of benzene rings is 4. The molecule has 3 nitrogen and oxygen atoms in total. The Morgan fingerprint density at radius 1 is 0.833 bits per heavy atom. The molecule has 188 valence electrons. The summed E-state index contributed by atoms with van der Waals surface area (Å²) in [6.45, 7) is 1.59. The Morgan fingerprint density at radius 2 is 1.39 bits per heavy atom. The average Bonchev–Trinajstić information content (AvgIpc) is 3.38. The SMILES string of the molecule is C(=C1[N-]C(c2ccccc2)CO1)[PH+](c1ccccc1)c1ccccc1.CN(C)Cc1[c-]cccc1.[Pd]. The van der Waals surface area contributed by atoms with Gasteiger partial charge in [-0.1, -0.05) is 78.3 Å². The Balaban J connectivity index is 0.000000278. The predicted octanol–water partition coefficient (Wildman–Crippen LogP) is 6.34. The average molecular weight is 586 g/mol. The van der Waals surface area contributed by atoms with Gasteiger partial charge in [-0.05, 0) is 38.4 Å². The summed E-state index contributed by atoms with van der Waals surface area (Å²) in [5.41, 5.74) is 2.45. The van der Waals surface area contributed by atoms with Crippen molar-refractivity contribution in [2.75, 3.05) is 20.7 Å². The molecule has 1 unspecified atom stereocenters. The van der Waals surface area contributed by atoms with E-state index in [4.69, 9.17) is 10.1 Å². The molecule has 0 spiro atoms. The zero-order chi connectivity index (χ0) is 24.3. The number of nitrogens with zero attached hydrogens (tertiary/aromatic N) is 2. The van der Waals surface area contributed by atoms with Crippen LogP contribution in [0.2, 0.25) is 0 Å². The van der Waals surface area contributed by atoms with E-state index in [1.165, 1.54) is 21.7 Å². The van der Waals surface area contributed by atoms with Crippen molar-refractivity contribution in [3.63, 3.8) is 0 Å². The normalized spacial score (nSPS) is 15.4. The molecule has 1 saturated heterocycles. The summed E-state index contributed by atoms with van der Waals surface area (Å²) in [4.78, 5) is 2.13. The second kappa shape index (κ2) is 14.7. The summed E-state index contributed by atoms with van der Waals surface area (Å²) >= 11 is 0. The maximum absolute atomic E-state index is 5.91. The minimum absolute atomic E-state index is 0. The summed E-state index contributed by atoms with van der Waals surface area (Å²) < 4.78 is 5.91. The van der Waals surface area contributed by atoms with Crippen LogP contribution < -0.4 is 10.6 Å². The van der Waals surface area contributed by atoms with Crippen LogP contribution in [0.15, 0.2) is 127 Å². The van der Waals surface area contributed by atoms with Gasteiger partial charge in [0.15, 0.2) is 0 Å². The van der Waals surface area contributed by atoms with Crippen LogP contribution in [-0.4, -0.2) is 25.6 Å². The standard InChI is InChI=1S/C22H19NOP.C9H12N.Pd/c1-4-10-18(11-5-1)21-16-24-22(23-21)17-25(19-12-6-2-7-13-19)20-14-8-3-9-15-20;1-10(2)8-9-6-4-3-5-7-9;/h1-15,17,21H,16H2;3-6H,8H2,1-2H3;/q2*-1;/p+1. The summed E-state index contributed by atoms with van der Waals surface area (Å²) in [6.07, 6.45) is 0. The third-order valence-electron chi connectivity index (χ3n) is 5.55. The van der Waals surface area contributed by atoms with Crippen molar-refractivity contribution < 1.29 is 25.2 Å². The van der Waals surface area contributed by atoms with Crippen LogP contribution in [0.4, 0.5) is 0 Å². The quantitative estimate of drug-likeness (QED) is 0.150. The van der Waals surface area contributed by atoms with E-state index in [0.29, 0.717) is 6.61 Å². The molecule has 0 aromatic heterocycles. The Bertz CT molecular complexity index is 1130. The molecule has 1 aliphatic rings. The van der Waals surface area contributed by atoms with E-state index in [1.807, 2.05) is 24.3 Å². The van der Waals surface area contributed by atoms with Crippen molar-refractivity contribution in [2.45, 2.75) is 12.6 Å².